The Labute approximate surface area is 162 Å². The van der Waals surface area contributed by atoms with Gasteiger partial charge in [0.25, 0.3) is 5.91 Å². The molecule has 0 saturated carbocycles. The molecule has 0 aliphatic rings. The Kier molecular flexibility index (Phi) is 8.36. The summed E-state index contributed by atoms with van der Waals surface area (Å²) in [5, 5.41) is 4.01. The van der Waals surface area contributed by atoms with Crippen molar-refractivity contribution in [2.75, 3.05) is 24.6 Å². The summed E-state index contributed by atoms with van der Waals surface area (Å²) in [5.41, 5.74) is 5.64. The summed E-state index contributed by atoms with van der Waals surface area (Å²) in [4.78, 5) is 14.2. The van der Waals surface area contributed by atoms with Crippen molar-refractivity contribution < 1.29 is 9.53 Å². The molecule has 2 aromatic carbocycles. The fourth-order valence-electron chi connectivity index (χ4n) is 2.75. The largest absolute Gasteiger partial charge is 0.483 e. The molecule has 1 amide bonds. The quantitative estimate of drug-likeness (QED) is 0.507. The topological polar surface area (TPSA) is 53.9 Å². The smallest absolute Gasteiger partial charge is 0.277 e. The second kappa shape index (κ2) is 11.0. The molecule has 5 nitrogen and oxygen atoms in total. The first-order chi connectivity index (χ1) is 13.1. The van der Waals surface area contributed by atoms with Gasteiger partial charge in [0.2, 0.25) is 0 Å². The van der Waals surface area contributed by atoms with Crippen LogP contribution in [-0.4, -0.2) is 31.8 Å². The molecule has 2 rings (SSSR count). The van der Waals surface area contributed by atoms with Crippen molar-refractivity contribution in [3.63, 3.8) is 0 Å². The minimum atomic E-state index is -0.289. The number of hydrogen-bond donors (Lipinski definition) is 1. The SMILES string of the molecule is CCCN(CCC)c1ccc(C=NNC(=O)COc2ccccc2C)cc1. The van der Waals surface area contributed by atoms with Crippen molar-refractivity contribution in [3.05, 3.63) is 59.7 Å². The third-order valence-corrected chi connectivity index (χ3v) is 4.10. The van der Waals surface area contributed by atoms with Crippen LogP contribution in [0.2, 0.25) is 0 Å². The number of hydrazone groups is 1. The maximum Gasteiger partial charge on any atom is 0.277 e. The highest BCUT2D eigenvalue weighted by Gasteiger charge is 2.05. The number of para-hydroxylation sites is 1. The normalized spacial score (nSPS) is 10.8. The molecule has 27 heavy (non-hydrogen) atoms. The van der Waals surface area contributed by atoms with E-state index in [1.807, 2.05) is 43.3 Å². The monoisotopic (exact) mass is 367 g/mol. The molecule has 2 aromatic rings. The molecule has 0 aliphatic carbocycles. The lowest BCUT2D eigenvalue weighted by atomic mass is 10.2. The summed E-state index contributed by atoms with van der Waals surface area (Å²) in [6.45, 7) is 8.36. The minimum absolute atomic E-state index is 0.0654. The zero-order valence-electron chi connectivity index (χ0n) is 16.4. The van der Waals surface area contributed by atoms with Gasteiger partial charge in [-0.1, -0.05) is 44.2 Å². The van der Waals surface area contributed by atoms with E-state index in [1.54, 1.807) is 6.21 Å². The average molecular weight is 367 g/mol. The van der Waals surface area contributed by atoms with Gasteiger partial charge in [0.05, 0.1) is 6.21 Å². The number of carbonyl (C=O) groups is 1. The second-order valence-electron chi connectivity index (χ2n) is 6.43. The Bertz CT molecular complexity index is 735. The Morgan fingerprint density at radius 2 is 1.74 bits per heavy atom. The van der Waals surface area contributed by atoms with Crippen molar-refractivity contribution in [1.29, 1.82) is 0 Å². The summed E-state index contributed by atoms with van der Waals surface area (Å²) >= 11 is 0. The zero-order chi connectivity index (χ0) is 19.5. The van der Waals surface area contributed by atoms with E-state index in [0.717, 1.165) is 37.1 Å². The van der Waals surface area contributed by atoms with Crippen molar-refractivity contribution in [2.24, 2.45) is 5.10 Å². The molecule has 0 heterocycles. The van der Waals surface area contributed by atoms with E-state index in [9.17, 15) is 4.79 Å². The number of rotatable bonds is 10. The van der Waals surface area contributed by atoms with Crippen LogP contribution >= 0.6 is 0 Å². The Hall–Kier alpha value is -2.82. The highest BCUT2D eigenvalue weighted by atomic mass is 16.5. The molecule has 0 bridgehead atoms. The lowest BCUT2D eigenvalue weighted by Crippen LogP contribution is -2.25. The third-order valence-electron chi connectivity index (χ3n) is 4.10. The van der Waals surface area contributed by atoms with E-state index in [0.29, 0.717) is 5.75 Å². The number of nitrogens with zero attached hydrogens (tertiary/aromatic N) is 2. The predicted molar refractivity (Wildman–Crippen MR) is 112 cm³/mol. The Balaban J connectivity index is 1.83. The number of carbonyl (C=O) groups excluding carboxylic acids is 1. The van der Waals surface area contributed by atoms with Gasteiger partial charge in [-0.3, -0.25) is 4.79 Å². The van der Waals surface area contributed by atoms with Crippen molar-refractivity contribution in [1.82, 2.24) is 5.43 Å². The molecule has 144 valence electrons. The molecule has 0 saturated heterocycles. The maximum atomic E-state index is 11.8. The second-order valence-corrected chi connectivity index (χ2v) is 6.43. The van der Waals surface area contributed by atoms with Crippen LogP contribution < -0.4 is 15.1 Å². The van der Waals surface area contributed by atoms with Crippen LogP contribution in [0.25, 0.3) is 0 Å². The number of amides is 1. The van der Waals surface area contributed by atoms with E-state index in [-0.39, 0.29) is 12.5 Å². The standard InChI is InChI=1S/C22H29N3O2/c1-4-14-25(15-5-2)20-12-10-19(11-13-20)16-23-24-22(26)17-27-21-9-7-6-8-18(21)3/h6-13,16H,4-5,14-15,17H2,1-3H3,(H,24,26). The van der Waals surface area contributed by atoms with Crippen LogP contribution in [0.1, 0.15) is 37.8 Å². The summed E-state index contributed by atoms with van der Waals surface area (Å²) in [6, 6.07) is 15.8. The number of anilines is 1. The molecule has 0 atom stereocenters. The molecule has 0 unspecified atom stereocenters. The Morgan fingerprint density at radius 1 is 1.07 bits per heavy atom. The van der Waals surface area contributed by atoms with Gasteiger partial charge in [0, 0.05) is 18.8 Å². The molecule has 1 N–H and O–H groups in total. The van der Waals surface area contributed by atoms with Crippen LogP contribution in [0.5, 0.6) is 5.75 Å². The summed E-state index contributed by atoms with van der Waals surface area (Å²) in [5.74, 6) is 0.416. The van der Waals surface area contributed by atoms with Crippen LogP contribution in [0.4, 0.5) is 5.69 Å². The highest BCUT2D eigenvalue weighted by Crippen LogP contribution is 2.16. The maximum absolute atomic E-state index is 11.8. The van der Waals surface area contributed by atoms with Gasteiger partial charge in [-0.2, -0.15) is 5.10 Å². The number of benzene rings is 2. The number of aryl methyl sites for hydroxylation is 1. The lowest BCUT2D eigenvalue weighted by Gasteiger charge is -2.23. The molecular formula is C22H29N3O2. The summed E-state index contributed by atoms with van der Waals surface area (Å²) < 4.78 is 5.50. The van der Waals surface area contributed by atoms with E-state index in [1.165, 1.54) is 5.69 Å². The van der Waals surface area contributed by atoms with Crippen LogP contribution in [0.15, 0.2) is 53.6 Å². The first-order valence-electron chi connectivity index (χ1n) is 9.49. The van der Waals surface area contributed by atoms with Crippen molar-refractivity contribution >= 4 is 17.8 Å². The minimum Gasteiger partial charge on any atom is -0.483 e. The molecule has 0 fully saturated rings. The number of hydrogen-bond acceptors (Lipinski definition) is 4. The van der Waals surface area contributed by atoms with Gasteiger partial charge >= 0.3 is 0 Å². The predicted octanol–water partition coefficient (Wildman–Crippen LogP) is 4.15. The van der Waals surface area contributed by atoms with E-state index >= 15 is 0 Å². The van der Waals surface area contributed by atoms with Gasteiger partial charge in [0.15, 0.2) is 6.61 Å². The number of nitrogens with one attached hydrogen (secondary N) is 1. The van der Waals surface area contributed by atoms with Crippen molar-refractivity contribution in [3.8, 4) is 5.75 Å². The summed E-state index contributed by atoms with van der Waals surface area (Å²) in [6.07, 6.45) is 3.89. The first kappa shape index (κ1) is 20.5. The molecule has 0 radical (unpaired) electrons. The van der Waals surface area contributed by atoms with Gasteiger partial charge in [-0.05, 0) is 49.1 Å². The first-order valence-corrected chi connectivity index (χ1v) is 9.49. The van der Waals surface area contributed by atoms with Crippen molar-refractivity contribution in [2.45, 2.75) is 33.6 Å². The summed E-state index contributed by atoms with van der Waals surface area (Å²) in [7, 11) is 0. The lowest BCUT2D eigenvalue weighted by molar-refractivity contribution is -0.123. The van der Waals surface area contributed by atoms with Gasteiger partial charge in [-0.15, -0.1) is 0 Å². The van der Waals surface area contributed by atoms with E-state index < -0.39 is 0 Å². The van der Waals surface area contributed by atoms with Gasteiger partial charge in [-0.25, -0.2) is 5.43 Å². The van der Waals surface area contributed by atoms with E-state index in [2.05, 4.69) is 41.4 Å². The molecule has 5 heteroatoms. The molecular weight excluding hydrogens is 338 g/mol. The third kappa shape index (κ3) is 6.77. The molecule has 0 aliphatic heterocycles. The van der Waals surface area contributed by atoms with Crippen LogP contribution in [0.3, 0.4) is 0 Å². The fourth-order valence-corrected chi connectivity index (χ4v) is 2.75. The fraction of sp³-hybridized carbons (Fsp3) is 0.364. The Morgan fingerprint density at radius 3 is 2.37 bits per heavy atom. The molecule has 0 spiro atoms. The zero-order valence-corrected chi connectivity index (χ0v) is 16.4. The van der Waals surface area contributed by atoms with Gasteiger partial charge in [0.1, 0.15) is 5.75 Å². The highest BCUT2D eigenvalue weighted by molar-refractivity contribution is 5.83. The van der Waals surface area contributed by atoms with E-state index in [4.69, 9.17) is 4.74 Å². The van der Waals surface area contributed by atoms with Crippen LogP contribution in [0, 0.1) is 6.92 Å². The van der Waals surface area contributed by atoms with Crippen LogP contribution in [-0.2, 0) is 4.79 Å². The van der Waals surface area contributed by atoms with Gasteiger partial charge < -0.3 is 9.64 Å². The average Bonchev–Trinajstić information content (AvgIpc) is 2.68. The number of ether oxygens (including phenoxy) is 1. The molecule has 0 aromatic heterocycles.